The Labute approximate surface area is 147 Å². The topological polar surface area (TPSA) is 53.5 Å². The molecule has 5 nitrogen and oxygen atoms in total. The van der Waals surface area contributed by atoms with E-state index in [9.17, 15) is 9.59 Å². The van der Waals surface area contributed by atoms with Gasteiger partial charge < -0.3 is 9.80 Å². The maximum Gasteiger partial charge on any atom is 0.253 e. The van der Waals surface area contributed by atoms with Crippen molar-refractivity contribution in [3.8, 4) is 0 Å². The summed E-state index contributed by atoms with van der Waals surface area (Å²) in [5.74, 6) is 0.143. The monoisotopic (exact) mass is 335 g/mol. The van der Waals surface area contributed by atoms with Gasteiger partial charge in [-0.2, -0.15) is 0 Å². The maximum absolute atomic E-state index is 13.0. The van der Waals surface area contributed by atoms with E-state index in [0.29, 0.717) is 25.2 Å². The van der Waals surface area contributed by atoms with Crippen LogP contribution in [0.1, 0.15) is 28.8 Å². The number of aromatic nitrogens is 1. The van der Waals surface area contributed by atoms with Gasteiger partial charge >= 0.3 is 0 Å². The lowest BCUT2D eigenvalue weighted by Crippen LogP contribution is -2.38. The maximum atomic E-state index is 13.0. The molecule has 128 valence electrons. The molecule has 0 unspecified atom stereocenters. The molecule has 25 heavy (non-hydrogen) atoms. The highest BCUT2D eigenvalue weighted by Crippen LogP contribution is 2.42. The van der Waals surface area contributed by atoms with E-state index in [4.69, 9.17) is 0 Å². The number of carbonyl (C=O) groups is 2. The fourth-order valence-corrected chi connectivity index (χ4v) is 3.88. The highest BCUT2D eigenvalue weighted by atomic mass is 16.2. The van der Waals surface area contributed by atoms with Gasteiger partial charge in [0, 0.05) is 31.4 Å². The number of benzene rings is 1. The first-order valence-electron chi connectivity index (χ1n) is 8.67. The van der Waals surface area contributed by atoms with Crippen LogP contribution in [-0.2, 0) is 4.79 Å². The molecule has 2 fully saturated rings. The lowest BCUT2D eigenvalue weighted by Gasteiger charge is -2.23. The van der Waals surface area contributed by atoms with Gasteiger partial charge in [0.2, 0.25) is 5.91 Å². The van der Waals surface area contributed by atoms with Crippen molar-refractivity contribution in [3.63, 3.8) is 0 Å². The summed E-state index contributed by atoms with van der Waals surface area (Å²) in [5.41, 5.74) is 2.23. The fourth-order valence-electron chi connectivity index (χ4n) is 3.88. The van der Waals surface area contributed by atoms with Crippen LogP contribution >= 0.6 is 0 Å². The number of pyridine rings is 1. The molecule has 0 saturated carbocycles. The lowest BCUT2D eigenvalue weighted by molar-refractivity contribution is -0.124. The summed E-state index contributed by atoms with van der Waals surface area (Å²) in [4.78, 5) is 33.5. The average molecular weight is 335 g/mol. The minimum atomic E-state index is -0.434. The van der Waals surface area contributed by atoms with E-state index in [1.54, 1.807) is 12.4 Å². The second-order valence-electron chi connectivity index (χ2n) is 7.04. The molecule has 2 amide bonds. The Morgan fingerprint density at radius 2 is 1.88 bits per heavy atom. The molecule has 4 rings (SSSR count). The van der Waals surface area contributed by atoms with E-state index >= 15 is 0 Å². The molecule has 0 N–H and O–H groups in total. The van der Waals surface area contributed by atoms with Crippen molar-refractivity contribution in [3.05, 3.63) is 59.9 Å². The number of anilines is 1. The molecule has 0 radical (unpaired) electrons. The zero-order valence-electron chi connectivity index (χ0n) is 14.3. The van der Waals surface area contributed by atoms with Crippen molar-refractivity contribution in [1.82, 2.24) is 9.88 Å². The van der Waals surface area contributed by atoms with Gasteiger partial charge in [0.25, 0.3) is 5.91 Å². The van der Waals surface area contributed by atoms with Crippen LogP contribution in [0, 0.1) is 12.3 Å². The van der Waals surface area contributed by atoms with Crippen molar-refractivity contribution in [2.24, 2.45) is 5.41 Å². The molecule has 0 bridgehead atoms. The van der Waals surface area contributed by atoms with Crippen LogP contribution in [-0.4, -0.2) is 41.3 Å². The molecular weight excluding hydrogens is 314 g/mol. The number of carbonyl (C=O) groups excluding carboxylic acids is 2. The number of hydrogen-bond acceptors (Lipinski definition) is 3. The predicted octanol–water partition coefficient (Wildman–Crippen LogP) is 2.66. The Kier molecular flexibility index (Phi) is 3.79. The molecule has 1 atom stereocenters. The van der Waals surface area contributed by atoms with Gasteiger partial charge in [0.05, 0.1) is 17.3 Å². The molecule has 0 aliphatic carbocycles. The van der Waals surface area contributed by atoms with Crippen LogP contribution in [0.4, 0.5) is 5.69 Å². The zero-order valence-corrected chi connectivity index (χ0v) is 14.3. The predicted molar refractivity (Wildman–Crippen MR) is 95.3 cm³/mol. The van der Waals surface area contributed by atoms with Crippen LogP contribution in [0.2, 0.25) is 0 Å². The molecular formula is C20H21N3O2. The number of rotatable bonds is 2. The van der Waals surface area contributed by atoms with Crippen molar-refractivity contribution in [1.29, 1.82) is 0 Å². The third-order valence-electron chi connectivity index (χ3n) is 5.41. The molecule has 2 aliphatic rings. The quantitative estimate of drug-likeness (QED) is 0.848. The molecule has 2 saturated heterocycles. The summed E-state index contributed by atoms with van der Waals surface area (Å²) >= 11 is 0. The van der Waals surface area contributed by atoms with Gasteiger partial charge in [0.15, 0.2) is 0 Å². The summed E-state index contributed by atoms with van der Waals surface area (Å²) in [7, 11) is 0. The van der Waals surface area contributed by atoms with Crippen LogP contribution in [0.25, 0.3) is 0 Å². The van der Waals surface area contributed by atoms with E-state index in [1.807, 2.05) is 53.1 Å². The van der Waals surface area contributed by atoms with Crippen molar-refractivity contribution in [2.45, 2.75) is 19.8 Å². The average Bonchev–Trinajstić information content (AvgIpc) is 3.21. The molecule has 2 aliphatic heterocycles. The Balaban J connectivity index is 1.51. The first-order valence-corrected chi connectivity index (χ1v) is 8.67. The number of nitrogens with zero attached hydrogens (tertiary/aromatic N) is 3. The van der Waals surface area contributed by atoms with E-state index in [0.717, 1.165) is 24.1 Å². The van der Waals surface area contributed by atoms with Gasteiger partial charge in [-0.1, -0.05) is 17.7 Å². The number of amides is 2. The van der Waals surface area contributed by atoms with Gasteiger partial charge in [0.1, 0.15) is 0 Å². The number of hydrogen-bond donors (Lipinski definition) is 0. The first-order chi connectivity index (χ1) is 12.1. The molecule has 2 aromatic rings. The second kappa shape index (κ2) is 5.99. The molecule has 1 spiro atoms. The summed E-state index contributed by atoms with van der Waals surface area (Å²) in [5, 5.41) is 0. The zero-order chi connectivity index (χ0) is 17.4. The number of aryl methyl sites for hydroxylation is 1. The normalized spacial score (nSPS) is 22.8. The molecule has 3 heterocycles. The minimum Gasteiger partial charge on any atom is -0.338 e. The van der Waals surface area contributed by atoms with Crippen LogP contribution in [0.3, 0.4) is 0 Å². The summed E-state index contributed by atoms with van der Waals surface area (Å²) in [6.45, 7) is 3.84. The Morgan fingerprint density at radius 3 is 2.60 bits per heavy atom. The molecule has 5 heteroatoms. The van der Waals surface area contributed by atoms with Crippen molar-refractivity contribution < 1.29 is 9.59 Å². The van der Waals surface area contributed by atoms with Crippen molar-refractivity contribution >= 4 is 17.5 Å². The molecule has 1 aromatic heterocycles. The van der Waals surface area contributed by atoms with Gasteiger partial charge in [-0.05, 0) is 44.0 Å². The Bertz CT molecular complexity index is 803. The van der Waals surface area contributed by atoms with E-state index in [-0.39, 0.29) is 11.8 Å². The van der Waals surface area contributed by atoms with Crippen molar-refractivity contribution in [2.75, 3.05) is 24.5 Å². The smallest absolute Gasteiger partial charge is 0.253 e. The Morgan fingerprint density at radius 1 is 1.12 bits per heavy atom. The summed E-state index contributed by atoms with van der Waals surface area (Å²) in [6.07, 6.45) is 4.96. The largest absolute Gasteiger partial charge is 0.338 e. The fraction of sp³-hybridized carbons (Fsp3) is 0.350. The highest BCUT2D eigenvalue weighted by Gasteiger charge is 2.52. The van der Waals surface area contributed by atoms with E-state index in [1.165, 1.54) is 0 Å². The van der Waals surface area contributed by atoms with Gasteiger partial charge in [-0.15, -0.1) is 0 Å². The Hall–Kier alpha value is -2.69. The van der Waals surface area contributed by atoms with Gasteiger partial charge in [-0.3, -0.25) is 14.6 Å². The van der Waals surface area contributed by atoms with E-state index in [2.05, 4.69) is 4.98 Å². The lowest BCUT2D eigenvalue weighted by atomic mass is 9.85. The van der Waals surface area contributed by atoms with Crippen LogP contribution < -0.4 is 4.90 Å². The first kappa shape index (κ1) is 15.8. The number of likely N-dealkylation sites (tertiary alicyclic amines) is 1. The third-order valence-corrected chi connectivity index (χ3v) is 5.41. The highest BCUT2D eigenvalue weighted by molar-refractivity contribution is 6.01. The van der Waals surface area contributed by atoms with Crippen LogP contribution in [0.5, 0.6) is 0 Å². The third kappa shape index (κ3) is 2.69. The molecule has 1 aromatic carbocycles. The van der Waals surface area contributed by atoms with E-state index < -0.39 is 5.41 Å². The second-order valence-corrected chi connectivity index (χ2v) is 7.04. The summed E-state index contributed by atoms with van der Waals surface area (Å²) in [6, 6.07) is 11.4. The van der Waals surface area contributed by atoms with Gasteiger partial charge in [-0.25, -0.2) is 0 Å². The SMILES string of the molecule is Cc1ccc(C(=O)N2CC[C@]3(CCN(c4cccnc4)C3=O)C2)cc1. The minimum absolute atomic E-state index is 0.0181. The summed E-state index contributed by atoms with van der Waals surface area (Å²) < 4.78 is 0. The standard InChI is InChI=1S/C20H21N3O2/c1-15-4-6-16(7-5-15)18(24)22-11-8-20(14-22)9-12-23(19(20)25)17-3-2-10-21-13-17/h2-7,10,13H,8-9,11-12,14H2,1H3/t20-/m0/s1. The van der Waals surface area contributed by atoms with Crippen LogP contribution in [0.15, 0.2) is 48.8 Å².